The van der Waals surface area contributed by atoms with Crippen LogP contribution in [0.5, 0.6) is 0 Å². The number of benzene rings is 1. The number of carbonyl (C=O) groups excluding carboxylic acids is 1. The van der Waals surface area contributed by atoms with Crippen molar-refractivity contribution >= 4 is 28.5 Å². The molecule has 2 aliphatic heterocycles. The Balaban J connectivity index is 1.53. The molecule has 4 rings (SSSR count). The number of amides is 1. The summed E-state index contributed by atoms with van der Waals surface area (Å²) < 4.78 is 14.6. The zero-order valence-corrected chi connectivity index (χ0v) is 15.4. The summed E-state index contributed by atoms with van der Waals surface area (Å²) in [5.74, 6) is -0.388. The quantitative estimate of drug-likeness (QED) is 0.678. The lowest BCUT2D eigenvalue weighted by Crippen LogP contribution is -2.47. The Morgan fingerprint density at radius 2 is 1.83 bits per heavy atom. The van der Waals surface area contributed by atoms with Gasteiger partial charge in [-0.1, -0.05) is 6.07 Å². The SMILES string of the molecule is O=C(c1cccn1-c1cccc(I)c1)N1CCC2(CC1)OCCO2. The second kappa shape index (κ2) is 6.50. The fraction of sp³-hybridized carbons (Fsp3) is 0.389. The van der Waals surface area contributed by atoms with Gasteiger partial charge in [-0.3, -0.25) is 4.79 Å². The number of nitrogens with zero attached hydrogens (tertiary/aromatic N) is 2. The highest BCUT2D eigenvalue weighted by molar-refractivity contribution is 14.1. The molecule has 2 fully saturated rings. The van der Waals surface area contributed by atoms with Gasteiger partial charge >= 0.3 is 0 Å². The Bertz CT molecular complexity index is 742. The highest BCUT2D eigenvalue weighted by Crippen LogP contribution is 2.32. The molecular weight excluding hydrogens is 419 g/mol. The van der Waals surface area contributed by atoms with Crippen LogP contribution in [0.3, 0.4) is 0 Å². The van der Waals surface area contributed by atoms with Gasteiger partial charge in [0.25, 0.3) is 5.91 Å². The number of carbonyl (C=O) groups is 1. The van der Waals surface area contributed by atoms with Gasteiger partial charge in [0.05, 0.1) is 13.2 Å². The van der Waals surface area contributed by atoms with Gasteiger partial charge in [-0.25, -0.2) is 0 Å². The van der Waals surface area contributed by atoms with Crippen molar-refractivity contribution in [3.05, 3.63) is 51.9 Å². The zero-order valence-electron chi connectivity index (χ0n) is 13.3. The van der Waals surface area contributed by atoms with Crippen molar-refractivity contribution in [1.29, 1.82) is 0 Å². The first kappa shape index (κ1) is 16.1. The summed E-state index contributed by atoms with van der Waals surface area (Å²) >= 11 is 2.28. The summed E-state index contributed by atoms with van der Waals surface area (Å²) in [7, 11) is 0. The van der Waals surface area contributed by atoms with Crippen LogP contribution in [0.2, 0.25) is 0 Å². The van der Waals surface area contributed by atoms with Gasteiger partial charge in [0.15, 0.2) is 5.79 Å². The average molecular weight is 438 g/mol. The Hall–Kier alpha value is -1.38. The highest BCUT2D eigenvalue weighted by atomic mass is 127. The van der Waals surface area contributed by atoms with Gasteiger partial charge in [0.1, 0.15) is 5.69 Å². The Morgan fingerprint density at radius 3 is 2.54 bits per heavy atom. The third-order valence-electron chi connectivity index (χ3n) is 4.68. The number of piperidine rings is 1. The van der Waals surface area contributed by atoms with E-state index in [-0.39, 0.29) is 5.91 Å². The van der Waals surface area contributed by atoms with Crippen LogP contribution < -0.4 is 0 Å². The molecule has 1 aromatic heterocycles. The predicted octanol–water partition coefficient (Wildman–Crippen LogP) is 3.06. The molecule has 5 nitrogen and oxygen atoms in total. The molecule has 0 bridgehead atoms. The summed E-state index contributed by atoms with van der Waals surface area (Å²) in [4.78, 5) is 14.9. The molecule has 1 amide bonds. The van der Waals surface area contributed by atoms with E-state index < -0.39 is 5.79 Å². The van der Waals surface area contributed by atoms with Gasteiger partial charge in [0, 0.05) is 41.4 Å². The van der Waals surface area contributed by atoms with E-state index in [1.807, 2.05) is 46.0 Å². The number of hydrogen-bond acceptors (Lipinski definition) is 3. The Kier molecular flexibility index (Phi) is 4.36. The lowest BCUT2D eigenvalue weighted by atomic mass is 10.0. The van der Waals surface area contributed by atoms with Crippen LogP contribution in [0.4, 0.5) is 0 Å². The summed E-state index contributed by atoms with van der Waals surface area (Å²) in [5.41, 5.74) is 1.70. The van der Waals surface area contributed by atoms with Crippen molar-refractivity contribution < 1.29 is 14.3 Å². The van der Waals surface area contributed by atoms with E-state index in [0.29, 0.717) is 32.0 Å². The van der Waals surface area contributed by atoms with E-state index >= 15 is 0 Å². The first-order chi connectivity index (χ1) is 11.7. The second-order valence-corrected chi connectivity index (χ2v) is 7.39. The Morgan fingerprint density at radius 1 is 1.08 bits per heavy atom. The Labute approximate surface area is 154 Å². The molecule has 2 aromatic rings. The highest BCUT2D eigenvalue weighted by Gasteiger charge is 2.41. The molecule has 2 saturated heterocycles. The molecular formula is C18H19IN2O3. The number of ether oxygens (including phenoxy) is 2. The molecule has 1 aromatic carbocycles. The molecule has 6 heteroatoms. The van der Waals surface area contributed by atoms with Crippen LogP contribution in [0, 0.1) is 3.57 Å². The van der Waals surface area contributed by atoms with Crippen LogP contribution in [0.25, 0.3) is 5.69 Å². The van der Waals surface area contributed by atoms with Crippen molar-refractivity contribution in [2.45, 2.75) is 18.6 Å². The van der Waals surface area contributed by atoms with Crippen molar-refractivity contribution in [1.82, 2.24) is 9.47 Å². The molecule has 3 heterocycles. The normalized spacial score (nSPS) is 19.8. The number of aromatic nitrogens is 1. The number of halogens is 1. The summed E-state index contributed by atoms with van der Waals surface area (Å²) in [6, 6.07) is 11.9. The zero-order chi connectivity index (χ0) is 16.6. The first-order valence-corrected chi connectivity index (χ1v) is 9.25. The van der Waals surface area contributed by atoms with E-state index in [1.54, 1.807) is 0 Å². The van der Waals surface area contributed by atoms with E-state index in [9.17, 15) is 4.79 Å². The van der Waals surface area contributed by atoms with Gasteiger partial charge in [-0.15, -0.1) is 0 Å². The van der Waals surface area contributed by atoms with Crippen molar-refractivity contribution in [2.75, 3.05) is 26.3 Å². The number of likely N-dealkylation sites (tertiary alicyclic amines) is 1. The molecule has 0 atom stereocenters. The van der Waals surface area contributed by atoms with E-state index in [1.165, 1.54) is 0 Å². The van der Waals surface area contributed by atoms with E-state index in [2.05, 4.69) is 28.7 Å². The average Bonchev–Trinajstić information content (AvgIpc) is 3.25. The molecule has 126 valence electrons. The molecule has 0 unspecified atom stereocenters. The first-order valence-electron chi connectivity index (χ1n) is 8.17. The number of hydrogen-bond donors (Lipinski definition) is 0. The van der Waals surface area contributed by atoms with Crippen molar-refractivity contribution in [3.8, 4) is 5.69 Å². The van der Waals surface area contributed by atoms with E-state index in [0.717, 1.165) is 22.1 Å². The second-order valence-electron chi connectivity index (χ2n) is 6.14. The summed E-state index contributed by atoms with van der Waals surface area (Å²) in [6.45, 7) is 2.64. The van der Waals surface area contributed by atoms with E-state index in [4.69, 9.17) is 9.47 Å². The van der Waals surface area contributed by atoms with Gasteiger partial charge < -0.3 is 18.9 Å². The summed E-state index contributed by atoms with van der Waals surface area (Å²) in [6.07, 6.45) is 3.42. The minimum Gasteiger partial charge on any atom is -0.347 e. The topological polar surface area (TPSA) is 43.7 Å². The maximum absolute atomic E-state index is 13.0. The lowest BCUT2D eigenvalue weighted by Gasteiger charge is -2.37. The molecule has 0 N–H and O–H groups in total. The largest absolute Gasteiger partial charge is 0.347 e. The number of rotatable bonds is 2. The van der Waals surface area contributed by atoms with Crippen molar-refractivity contribution in [2.24, 2.45) is 0 Å². The van der Waals surface area contributed by atoms with Crippen LogP contribution in [-0.4, -0.2) is 47.5 Å². The van der Waals surface area contributed by atoms with Crippen molar-refractivity contribution in [3.63, 3.8) is 0 Å². The van der Waals surface area contributed by atoms with Crippen LogP contribution in [0.15, 0.2) is 42.6 Å². The fourth-order valence-corrected chi connectivity index (χ4v) is 3.93. The smallest absolute Gasteiger partial charge is 0.270 e. The fourth-order valence-electron chi connectivity index (χ4n) is 3.40. The van der Waals surface area contributed by atoms with Crippen LogP contribution >= 0.6 is 22.6 Å². The third-order valence-corrected chi connectivity index (χ3v) is 5.35. The third kappa shape index (κ3) is 2.98. The van der Waals surface area contributed by atoms with Gasteiger partial charge in [-0.05, 0) is 52.9 Å². The maximum Gasteiger partial charge on any atom is 0.270 e. The summed E-state index contributed by atoms with van der Waals surface area (Å²) in [5, 5.41) is 0. The minimum absolute atomic E-state index is 0.0618. The molecule has 0 saturated carbocycles. The van der Waals surface area contributed by atoms with Gasteiger partial charge in [-0.2, -0.15) is 0 Å². The van der Waals surface area contributed by atoms with Crippen LogP contribution in [-0.2, 0) is 9.47 Å². The maximum atomic E-state index is 13.0. The lowest BCUT2D eigenvalue weighted by molar-refractivity contribution is -0.181. The molecule has 2 aliphatic rings. The standard InChI is InChI=1S/C18H19IN2O3/c19-14-3-1-4-15(13-14)21-8-2-5-16(21)17(22)20-9-6-18(7-10-20)23-11-12-24-18/h1-5,8,13H,6-7,9-12H2. The predicted molar refractivity (Wildman–Crippen MR) is 98.3 cm³/mol. The molecule has 0 radical (unpaired) electrons. The minimum atomic E-state index is -0.450. The van der Waals surface area contributed by atoms with Crippen LogP contribution in [0.1, 0.15) is 23.3 Å². The monoisotopic (exact) mass is 438 g/mol. The molecule has 1 spiro atoms. The van der Waals surface area contributed by atoms with Gasteiger partial charge in [0.2, 0.25) is 0 Å². The molecule has 0 aliphatic carbocycles. The molecule has 24 heavy (non-hydrogen) atoms.